The molecule has 33 heavy (non-hydrogen) atoms. The van der Waals surface area contributed by atoms with E-state index >= 15 is 0 Å². The SMILES string of the molecule is COc1cccc(CNc2nc(CN(C)Cc3cncc(OC)c3)nc3sc(C)c(C)c23)c1. The second-order valence-corrected chi connectivity index (χ2v) is 9.27. The van der Waals surface area contributed by atoms with Crippen molar-refractivity contribution in [2.75, 3.05) is 26.6 Å². The van der Waals surface area contributed by atoms with E-state index in [-0.39, 0.29) is 0 Å². The van der Waals surface area contributed by atoms with Gasteiger partial charge in [-0.15, -0.1) is 11.3 Å². The fraction of sp³-hybridized carbons (Fsp3) is 0.320. The van der Waals surface area contributed by atoms with Crippen molar-refractivity contribution in [1.82, 2.24) is 19.9 Å². The third-order valence-corrected chi connectivity index (χ3v) is 6.64. The Morgan fingerprint density at radius 3 is 2.55 bits per heavy atom. The van der Waals surface area contributed by atoms with E-state index < -0.39 is 0 Å². The fourth-order valence-electron chi connectivity index (χ4n) is 3.73. The standard InChI is InChI=1S/C25H29N5O2S/c1-16-17(2)33-25-23(16)24(27-12-18-7-6-8-20(9-18)31-4)28-22(29-25)15-30(3)14-19-10-21(32-5)13-26-11-19/h6-11,13H,12,14-15H2,1-5H3,(H,27,28,29). The second-order valence-electron chi connectivity index (χ2n) is 8.06. The van der Waals surface area contributed by atoms with Crippen LogP contribution in [0.4, 0.5) is 5.82 Å². The summed E-state index contributed by atoms with van der Waals surface area (Å²) in [6, 6.07) is 10.1. The average molecular weight is 464 g/mol. The van der Waals surface area contributed by atoms with Crippen molar-refractivity contribution < 1.29 is 9.47 Å². The minimum Gasteiger partial charge on any atom is -0.497 e. The largest absolute Gasteiger partial charge is 0.497 e. The molecule has 0 aliphatic heterocycles. The summed E-state index contributed by atoms with van der Waals surface area (Å²) in [6.07, 6.45) is 3.57. The molecule has 3 aromatic heterocycles. The second kappa shape index (κ2) is 10.1. The number of ether oxygens (including phenoxy) is 2. The van der Waals surface area contributed by atoms with E-state index in [1.54, 1.807) is 31.8 Å². The van der Waals surface area contributed by atoms with Gasteiger partial charge in [0, 0.05) is 24.2 Å². The van der Waals surface area contributed by atoms with E-state index in [4.69, 9.17) is 19.4 Å². The van der Waals surface area contributed by atoms with Crippen LogP contribution < -0.4 is 14.8 Å². The number of fused-ring (bicyclic) bond motifs is 1. The van der Waals surface area contributed by atoms with Crippen LogP contribution >= 0.6 is 11.3 Å². The van der Waals surface area contributed by atoms with E-state index in [2.05, 4.69) is 42.2 Å². The maximum Gasteiger partial charge on any atom is 0.146 e. The van der Waals surface area contributed by atoms with E-state index in [1.165, 1.54) is 10.4 Å². The average Bonchev–Trinajstić information content (AvgIpc) is 3.10. The minimum absolute atomic E-state index is 0.622. The van der Waals surface area contributed by atoms with Crippen LogP contribution in [0.25, 0.3) is 10.2 Å². The van der Waals surface area contributed by atoms with Gasteiger partial charge in [0.25, 0.3) is 0 Å². The van der Waals surface area contributed by atoms with Crippen LogP contribution in [0.15, 0.2) is 42.7 Å². The van der Waals surface area contributed by atoms with Crippen molar-refractivity contribution in [2.45, 2.75) is 33.5 Å². The quantitative estimate of drug-likeness (QED) is 0.376. The monoisotopic (exact) mass is 463 g/mol. The molecule has 0 atom stereocenters. The van der Waals surface area contributed by atoms with E-state index in [0.717, 1.165) is 51.0 Å². The molecule has 0 radical (unpaired) electrons. The van der Waals surface area contributed by atoms with Gasteiger partial charge in [0.05, 0.1) is 32.3 Å². The van der Waals surface area contributed by atoms with Crippen LogP contribution in [0.3, 0.4) is 0 Å². The number of aromatic nitrogens is 3. The maximum atomic E-state index is 5.36. The van der Waals surface area contributed by atoms with E-state index in [0.29, 0.717) is 13.1 Å². The molecule has 0 amide bonds. The number of rotatable bonds is 9. The Morgan fingerprint density at radius 1 is 0.970 bits per heavy atom. The molecule has 0 spiro atoms. The number of aryl methyl sites for hydroxylation is 2. The molecule has 4 aromatic rings. The number of anilines is 1. The highest BCUT2D eigenvalue weighted by molar-refractivity contribution is 7.18. The molecule has 0 aliphatic carbocycles. The van der Waals surface area contributed by atoms with Crippen molar-refractivity contribution in [1.29, 1.82) is 0 Å². The Kier molecular flexibility index (Phi) is 7.05. The van der Waals surface area contributed by atoms with Crippen molar-refractivity contribution in [2.24, 2.45) is 0 Å². The summed E-state index contributed by atoms with van der Waals surface area (Å²) in [5.74, 6) is 3.26. The van der Waals surface area contributed by atoms with Crippen molar-refractivity contribution >= 4 is 27.4 Å². The van der Waals surface area contributed by atoms with Gasteiger partial charge < -0.3 is 14.8 Å². The molecule has 1 N–H and O–H groups in total. The summed E-state index contributed by atoms with van der Waals surface area (Å²) in [5, 5.41) is 4.64. The van der Waals surface area contributed by atoms with Gasteiger partial charge in [0.2, 0.25) is 0 Å². The lowest BCUT2D eigenvalue weighted by Crippen LogP contribution is -2.19. The predicted octanol–water partition coefficient (Wildman–Crippen LogP) is 4.96. The van der Waals surface area contributed by atoms with Gasteiger partial charge in [-0.25, -0.2) is 9.97 Å². The Labute approximate surface area is 198 Å². The van der Waals surface area contributed by atoms with Gasteiger partial charge in [-0.3, -0.25) is 9.88 Å². The normalized spacial score (nSPS) is 11.2. The number of methoxy groups -OCH3 is 2. The lowest BCUT2D eigenvalue weighted by atomic mass is 10.2. The number of hydrogen-bond acceptors (Lipinski definition) is 8. The molecular formula is C25H29N5O2S. The highest BCUT2D eigenvalue weighted by atomic mass is 32.1. The summed E-state index contributed by atoms with van der Waals surface area (Å²) < 4.78 is 10.6. The van der Waals surface area contributed by atoms with Crippen molar-refractivity contribution in [3.8, 4) is 11.5 Å². The maximum absolute atomic E-state index is 5.36. The molecule has 172 valence electrons. The number of hydrogen-bond donors (Lipinski definition) is 1. The number of benzene rings is 1. The summed E-state index contributed by atoms with van der Waals surface area (Å²) in [6.45, 7) is 6.27. The van der Waals surface area contributed by atoms with Crippen LogP contribution in [-0.2, 0) is 19.6 Å². The number of thiophene rings is 1. The van der Waals surface area contributed by atoms with E-state index in [9.17, 15) is 0 Å². The summed E-state index contributed by atoms with van der Waals surface area (Å²) in [4.78, 5) is 18.5. The molecule has 0 aliphatic rings. The first-order valence-electron chi connectivity index (χ1n) is 10.8. The van der Waals surface area contributed by atoms with Crippen LogP contribution in [0.2, 0.25) is 0 Å². The van der Waals surface area contributed by atoms with Gasteiger partial charge in [0.15, 0.2) is 0 Å². The predicted molar refractivity (Wildman–Crippen MR) is 133 cm³/mol. The zero-order chi connectivity index (χ0) is 23.4. The van der Waals surface area contributed by atoms with E-state index in [1.807, 2.05) is 30.5 Å². The molecule has 8 heteroatoms. The van der Waals surface area contributed by atoms with Crippen molar-refractivity contribution in [3.63, 3.8) is 0 Å². The van der Waals surface area contributed by atoms with Crippen LogP contribution in [-0.4, -0.2) is 41.1 Å². The molecule has 1 aromatic carbocycles. The highest BCUT2D eigenvalue weighted by Gasteiger charge is 2.16. The summed E-state index contributed by atoms with van der Waals surface area (Å²) >= 11 is 1.71. The third-order valence-electron chi connectivity index (χ3n) is 5.54. The highest BCUT2D eigenvalue weighted by Crippen LogP contribution is 2.33. The molecular weight excluding hydrogens is 434 g/mol. The molecule has 4 rings (SSSR count). The fourth-order valence-corrected chi connectivity index (χ4v) is 4.78. The zero-order valence-corrected chi connectivity index (χ0v) is 20.5. The van der Waals surface area contributed by atoms with Gasteiger partial charge in [-0.05, 0) is 55.8 Å². The zero-order valence-electron chi connectivity index (χ0n) is 19.7. The Morgan fingerprint density at radius 2 is 1.76 bits per heavy atom. The van der Waals surface area contributed by atoms with Crippen LogP contribution in [0, 0.1) is 13.8 Å². The van der Waals surface area contributed by atoms with Crippen LogP contribution in [0.5, 0.6) is 11.5 Å². The first-order valence-corrected chi connectivity index (χ1v) is 11.6. The molecule has 0 unspecified atom stereocenters. The van der Waals surface area contributed by atoms with Gasteiger partial charge in [-0.1, -0.05) is 12.1 Å². The van der Waals surface area contributed by atoms with Gasteiger partial charge in [0.1, 0.15) is 28.0 Å². The number of nitrogens with one attached hydrogen (secondary N) is 1. The van der Waals surface area contributed by atoms with Crippen LogP contribution in [0.1, 0.15) is 27.4 Å². The summed E-state index contributed by atoms with van der Waals surface area (Å²) in [5.41, 5.74) is 3.44. The summed E-state index contributed by atoms with van der Waals surface area (Å²) in [7, 11) is 5.39. The molecule has 0 saturated carbocycles. The number of nitrogens with zero attached hydrogens (tertiary/aromatic N) is 4. The first kappa shape index (κ1) is 22.9. The van der Waals surface area contributed by atoms with Crippen molar-refractivity contribution in [3.05, 3.63) is 70.1 Å². The molecule has 0 fully saturated rings. The molecule has 0 bridgehead atoms. The smallest absolute Gasteiger partial charge is 0.146 e. The molecule has 0 saturated heterocycles. The first-order chi connectivity index (χ1) is 16.0. The Bertz CT molecular complexity index is 1260. The Hall–Kier alpha value is -3.23. The number of pyridine rings is 1. The Balaban J connectivity index is 1.57. The van der Waals surface area contributed by atoms with Gasteiger partial charge >= 0.3 is 0 Å². The lowest BCUT2D eigenvalue weighted by molar-refractivity contribution is 0.310. The molecule has 3 heterocycles. The minimum atomic E-state index is 0.622. The molecule has 7 nitrogen and oxygen atoms in total. The third kappa shape index (κ3) is 5.40. The van der Waals surface area contributed by atoms with Gasteiger partial charge in [-0.2, -0.15) is 0 Å². The lowest BCUT2D eigenvalue weighted by Gasteiger charge is -2.17. The topological polar surface area (TPSA) is 72.4 Å².